The van der Waals surface area contributed by atoms with Crippen molar-refractivity contribution in [1.82, 2.24) is 15.1 Å². The first-order valence-corrected chi connectivity index (χ1v) is 6.50. The molecule has 0 amide bonds. The van der Waals surface area contributed by atoms with Gasteiger partial charge in [-0.1, -0.05) is 13.8 Å². The SMILES string of the molecule is CCCn1cc(CNCC2(CC)CC2)cn1.Cl. The second-order valence-corrected chi connectivity index (χ2v) is 5.07. The van der Waals surface area contributed by atoms with E-state index in [4.69, 9.17) is 0 Å². The largest absolute Gasteiger partial charge is 0.312 e. The maximum absolute atomic E-state index is 4.33. The van der Waals surface area contributed by atoms with Gasteiger partial charge in [0, 0.05) is 31.4 Å². The molecular formula is C13H24ClN3. The van der Waals surface area contributed by atoms with Crippen molar-refractivity contribution in [1.29, 1.82) is 0 Å². The smallest absolute Gasteiger partial charge is 0.0534 e. The van der Waals surface area contributed by atoms with Crippen molar-refractivity contribution in [2.24, 2.45) is 5.41 Å². The van der Waals surface area contributed by atoms with Crippen molar-refractivity contribution in [2.45, 2.75) is 52.6 Å². The van der Waals surface area contributed by atoms with Gasteiger partial charge < -0.3 is 5.32 Å². The molecule has 1 aromatic heterocycles. The van der Waals surface area contributed by atoms with E-state index in [-0.39, 0.29) is 12.4 Å². The molecule has 0 atom stereocenters. The van der Waals surface area contributed by atoms with Gasteiger partial charge in [-0.15, -0.1) is 12.4 Å². The van der Waals surface area contributed by atoms with Gasteiger partial charge >= 0.3 is 0 Å². The Labute approximate surface area is 110 Å². The summed E-state index contributed by atoms with van der Waals surface area (Å²) in [6.07, 6.45) is 9.41. The number of halogens is 1. The molecule has 98 valence electrons. The van der Waals surface area contributed by atoms with Gasteiger partial charge in [0.05, 0.1) is 6.20 Å². The van der Waals surface area contributed by atoms with Crippen LogP contribution in [-0.4, -0.2) is 16.3 Å². The summed E-state index contributed by atoms with van der Waals surface area (Å²) in [5.74, 6) is 0. The fraction of sp³-hybridized carbons (Fsp3) is 0.769. The van der Waals surface area contributed by atoms with Crippen LogP contribution >= 0.6 is 12.4 Å². The summed E-state index contributed by atoms with van der Waals surface area (Å²) in [6.45, 7) is 7.64. The van der Waals surface area contributed by atoms with Crippen molar-refractivity contribution in [3.63, 3.8) is 0 Å². The molecule has 1 aliphatic carbocycles. The Morgan fingerprint density at radius 3 is 2.76 bits per heavy atom. The Morgan fingerprint density at radius 1 is 1.41 bits per heavy atom. The van der Waals surface area contributed by atoms with Crippen LogP contribution in [0.3, 0.4) is 0 Å². The summed E-state index contributed by atoms with van der Waals surface area (Å²) in [5, 5.41) is 7.89. The van der Waals surface area contributed by atoms with Crippen molar-refractivity contribution >= 4 is 12.4 Å². The average molecular weight is 258 g/mol. The van der Waals surface area contributed by atoms with Crippen LogP contribution < -0.4 is 5.32 Å². The standard InChI is InChI=1S/C13H23N3.ClH/c1-3-7-16-10-12(9-15-16)8-14-11-13(4-2)5-6-13;/h9-10,14H,3-8,11H2,1-2H3;1H. The average Bonchev–Trinajstić information content (AvgIpc) is 2.94. The number of hydrogen-bond donors (Lipinski definition) is 1. The molecule has 1 fully saturated rings. The Morgan fingerprint density at radius 2 is 2.18 bits per heavy atom. The molecule has 17 heavy (non-hydrogen) atoms. The van der Waals surface area contributed by atoms with Crippen molar-refractivity contribution in [3.05, 3.63) is 18.0 Å². The lowest BCUT2D eigenvalue weighted by Crippen LogP contribution is -2.22. The van der Waals surface area contributed by atoms with Crippen LogP contribution in [0, 0.1) is 5.41 Å². The van der Waals surface area contributed by atoms with Crippen molar-refractivity contribution in [3.8, 4) is 0 Å². The highest BCUT2D eigenvalue weighted by molar-refractivity contribution is 5.85. The van der Waals surface area contributed by atoms with Crippen LogP contribution in [0.5, 0.6) is 0 Å². The third-order valence-electron chi connectivity index (χ3n) is 3.68. The van der Waals surface area contributed by atoms with Crippen LogP contribution in [-0.2, 0) is 13.1 Å². The minimum atomic E-state index is 0. The number of aromatic nitrogens is 2. The van der Waals surface area contributed by atoms with E-state index in [0.717, 1.165) is 19.5 Å². The summed E-state index contributed by atoms with van der Waals surface area (Å²) < 4.78 is 2.03. The zero-order valence-corrected chi connectivity index (χ0v) is 11.7. The lowest BCUT2D eigenvalue weighted by Gasteiger charge is -2.12. The third kappa shape index (κ3) is 4.00. The second kappa shape index (κ2) is 6.41. The molecule has 1 aromatic rings. The highest BCUT2D eigenvalue weighted by Crippen LogP contribution is 2.47. The van der Waals surface area contributed by atoms with E-state index in [1.165, 1.54) is 31.4 Å². The zero-order chi connectivity index (χ0) is 11.4. The Bertz CT molecular complexity index is 331. The molecule has 0 aromatic carbocycles. The lowest BCUT2D eigenvalue weighted by molar-refractivity contribution is 0.443. The monoisotopic (exact) mass is 257 g/mol. The fourth-order valence-electron chi connectivity index (χ4n) is 2.15. The molecule has 0 radical (unpaired) electrons. The summed E-state index contributed by atoms with van der Waals surface area (Å²) in [5.41, 5.74) is 1.94. The van der Waals surface area contributed by atoms with Crippen LogP contribution in [0.2, 0.25) is 0 Å². The molecule has 1 N–H and O–H groups in total. The molecular weight excluding hydrogens is 234 g/mol. The van der Waals surface area contributed by atoms with Gasteiger partial charge in [-0.2, -0.15) is 5.10 Å². The van der Waals surface area contributed by atoms with E-state index in [0.29, 0.717) is 5.41 Å². The molecule has 2 rings (SSSR count). The number of nitrogens with zero attached hydrogens (tertiary/aromatic N) is 2. The van der Waals surface area contributed by atoms with Gasteiger partial charge in [0.25, 0.3) is 0 Å². The Kier molecular flexibility index (Phi) is 5.47. The van der Waals surface area contributed by atoms with E-state index in [1.807, 2.05) is 10.9 Å². The van der Waals surface area contributed by atoms with E-state index < -0.39 is 0 Å². The molecule has 1 saturated carbocycles. The molecule has 1 aliphatic rings. The van der Waals surface area contributed by atoms with Crippen LogP contribution in [0.4, 0.5) is 0 Å². The zero-order valence-electron chi connectivity index (χ0n) is 10.9. The Hall–Kier alpha value is -0.540. The number of rotatable bonds is 7. The van der Waals surface area contributed by atoms with Gasteiger partial charge in [0.2, 0.25) is 0 Å². The van der Waals surface area contributed by atoms with Crippen molar-refractivity contribution < 1.29 is 0 Å². The topological polar surface area (TPSA) is 29.9 Å². The first-order valence-electron chi connectivity index (χ1n) is 6.50. The van der Waals surface area contributed by atoms with E-state index in [1.54, 1.807) is 0 Å². The predicted octanol–water partition coefficient (Wildman–Crippen LogP) is 2.99. The van der Waals surface area contributed by atoms with Gasteiger partial charge in [-0.25, -0.2) is 0 Å². The van der Waals surface area contributed by atoms with Crippen LogP contribution in [0.1, 0.15) is 45.1 Å². The van der Waals surface area contributed by atoms with Gasteiger partial charge in [-0.05, 0) is 31.1 Å². The normalized spacial score (nSPS) is 16.6. The predicted molar refractivity (Wildman–Crippen MR) is 73.4 cm³/mol. The molecule has 0 unspecified atom stereocenters. The van der Waals surface area contributed by atoms with Gasteiger partial charge in [-0.3, -0.25) is 4.68 Å². The number of aryl methyl sites for hydroxylation is 1. The second-order valence-electron chi connectivity index (χ2n) is 5.07. The summed E-state index contributed by atoms with van der Waals surface area (Å²) in [6, 6.07) is 0. The summed E-state index contributed by atoms with van der Waals surface area (Å²) in [4.78, 5) is 0. The first kappa shape index (κ1) is 14.5. The molecule has 3 nitrogen and oxygen atoms in total. The van der Waals surface area contributed by atoms with Crippen molar-refractivity contribution in [2.75, 3.05) is 6.54 Å². The van der Waals surface area contributed by atoms with Crippen LogP contribution in [0.15, 0.2) is 12.4 Å². The number of hydrogen-bond acceptors (Lipinski definition) is 2. The van der Waals surface area contributed by atoms with Crippen LogP contribution in [0.25, 0.3) is 0 Å². The quantitative estimate of drug-likeness (QED) is 0.814. The van der Waals surface area contributed by atoms with Gasteiger partial charge in [0.1, 0.15) is 0 Å². The maximum atomic E-state index is 4.33. The minimum Gasteiger partial charge on any atom is -0.312 e. The molecule has 4 heteroatoms. The Balaban J connectivity index is 0.00000144. The molecule has 1 heterocycles. The highest BCUT2D eigenvalue weighted by atomic mass is 35.5. The van der Waals surface area contributed by atoms with E-state index in [9.17, 15) is 0 Å². The van der Waals surface area contributed by atoms with E-state index >= 15 is 0 Å². The van der Waals surface area contributed by atoms with Gasteiger partial charge in [0.15, 0.2) is 0 Å². The first-order chi connectivity index (χ1) is 7.78. The van der Waals surface area contributed by atoms with E-state index in [2.05, 4.69) is 30.5 Å². The number of nitrogens with one attached hydrogen (secondary N) is 1. The minimum absolute atomic E-state index is 0. The lowest BCUT2D eigenvalue weighted by atomic mass is 10.0. The maximum Gasteiger partial charge on any atom is 0.0534 e. The summed E-state index contributed by atoms with van der Waals surface area (Å²) >= 11 is 0. The molecule has 0 aliphatic heterocycles. The molecule has 0 spiro atoms. The third-order valence-corrected chi connectivity index (χ3v) is 3.68. The fourth-order valence-corrected chi connectivity index (χ4v) is 2.15. The molecule has 0 saturated heterocycles. The highest BCUT2D eigenvalue weighted by Gasteiger charge is 2.39. The summed E-state index contributed by atoms with van der Waals surface area (Å²) in [7, 11) is 0. The molecule has 0 bridgehead atoms.